The minimum Gasteiger partial charge on any atom is -0.453 e. The van der Waals surface area contributed by atoms with Gasteiger partial charge in [0, 0.05) is 0 Å². The Bertz CT molecular complexity index is 433. The van der Waals surface area contributed by atoms with Crippen molar-refractivity contribution in [3.63, 3.8) is 0 Å². The largest absolute Gasteiger partial charge is 0.453 e. The van der Waals surface area contributed by atoms with Crippen molar-refractivity contribution < 1.29 is 4.12 Å². The Hall–Kier alpha value is -0.906. The Balaban J connectivity index is 2.58. The van der Waals surface area contributed by atoms with E-state index in [0.29, 0.717) is 0 Å². The SMILES string of the molecule is C=Cc1ccc(CC[Si](C)(C)O[Si](C)(C)C=C)cc1. The number of aryl methyl sites for hydroxylation is 1. The molecule has 0 N–H and O–H groups in total. The fraction of sp³-hybridized carbons (Fsp3) is 0.375. The normalized spacial score (nSPS) is 12.2. The van der Waals surface area contributed by atoms with Gasteiger partial charge in [-0.15, -0.1) is 6.58 Å². The molecule has 19 heavy (non-hydrogen) atoms. The van der Waals surface area contributed by atoms with Crippen molar-refractivity contribution in [2.75, 3.05) is 0 Å². The van der Waals surface area contributed by atoms with Crippen molar-refractivity contribution >= 4 is 22.7 Å². The maximum atomic E-state index is 6.38. The van der Waals surface area contributed by atoms with E-state index in [9.17, 15) is 0 Å². The van der Waals surface area contributed by atoms with E-state index in [2.05, 4.69) is 63.6 Å². The van der Waals surface area contributed by atoms with Gasteiger partial charge < -0.3 is 4.12 Å². The summed E-state index contributed by atoms with van der Waals surface area (Å²) in [5.41, 5.74) is 4.59. The van der Waals surface area contributed by atoms with Gasteiger partial charge in [0.25, 0.3) is 0 Å². The maximum absolute atomic E-state index is 6.38. The van der Waals surface area contributed by atoms with Crippen molar-refractivity contribution in [3.8, 4) is 0 Å². The van der Waals surface area contributed by atoms with Gasteiger partial charge in [0.1, 0.15) is 0 Å². The van der Waals surface area contributed by atoms with E-state index in [-0.39, 0.29) is 0 Å². The average molecular weight is 291 g/mol. The van der Waals surface area contributed by atoms with Crippen LogP contribution >= 0.6 is 0 Å². The molecule has 0 bridgehead atoms. The van der Waals surface area contributed by atoms with E-state index in [4.69, 9.17) is 4.12 Å². The lowest BCUT2D eigenvalue weighted by Crippen LogP contribution is -2.43. The molecule has 1 nitrogen and oxygen atoms in total. The van der Waals surface area contributed by atoms with Crippen molar-refractivity contribution in [2.24, 2.45) is 0 Å². The van der Waals surface area contributed by atoms with E-state index in [1.807, 2.05) is 11.8 Å². The van der Waals surface area contributed by atoms with Crippen LogP contribution in [0.15, 0.2) is 43.1 Å². The predicted octanol–water partition coefficient (Wildman–Crippen LogP) is 5.02. The summed E-state index contributed by atoms with van der Waals surface area (Å²) in [5, 5.41) is 0. The third-order valence-corrected chi connectivity index (χ3v) is 10.0. The molecule has 104 valence electrons. The first-order chi connectivity index (χ1) is 8.78. The van der Waals surface area contributed by atoms with E-state index in [1.54, 1.807) is 0 Å². The Labute approximate surface area is 120 Å². The van der Waals surface area contributed by atoms with Crippen LogP contribution in [0.1, 0.15) is 11.1 Å². The number of hydrogen-bond acceptors (Lipinski definition) is 1. The first-order valence-electron chi connectivity index (χ1n) is 6.83. The highest BCUT2D eigenvalue weighted by Crippen LogP contribution is 2.21. The van der Waals surface area contributed by atoms with E-state index in [1.165, 1.54) is 11.1 Å². The molecule has 0 fully saturated rings. The minimum atomic E-state index is -1.65. The molecule has 0 aliphatic carbocycles. The van der Waals surface area contributed by atoms with Gasteiger partial charge in [-0.1, -0.05) is 42.6 Å². The highest BCUT2D eigenvalue weighted by molar-refractivity contribution is 6.87. The van der Waals surface area contributed by atoms with Gasteiger partial charge in [0.05, 0.1) is 0 Å². The number of hydrogen-bond donors (Lipinski definition) is 0. The van der Waals surface area contributed by atoms with Gasteiger partial charge in [-0.25, -0.2) is 0 Å². The van der Waals surface area contributed by atoms with Gasteiger partial charge in [0.2, 0.25) is 0 Å². The zero-order chi connectivity index (χ0) is 14.5. The van der Waals surface area contributed by atoms with Crippen LogP contribution in [0.3, 0.4) is 0 Å². The summed E-state index contributed by atoms with van der Waals surface area (Å²) in [4.78, 5) is 0. The predicted molar refractivity (Wildman–Crippen MR) is 91.3 cm³/mol. The summed E-state index contributed by atoms with van der Waals surface area (Å²) >= 11 is 0. The molecule has 0 atom stereocenters. The Kier molecular flexibility index (Phi) is 5.53. The fourth-order valence-electron chi connectivity index (χ4n) is 2.07. The summed E-state index contributed by atoms with van der Waals surface area (Å²) in [7, 11) is -3.25. The van der Waals surface area contributed by atoms with Crippen LogP contribution < -0.4 is 0 Å². The Morgan fingerprint density at radius 1 is 1.05 bits per heavy atom. The van der Waals surface area contributed by atoms with Crippen LogP contribution in [0.2, 0.25) is 32.2 Å². The molecular formula is C16H26OSi2. The molecule has 0 radical (unpaired) electrons. The van der Waals surface area contributed by atoms with E-state index >= 15 is 0 Å². The summed E-state index contributed by atoms with van der Waals surface area (Å²) in [5.74, 6) is 0. The van der Waals surface area contributed by atoms with Gasteiger partial charge in [-0.3, -0.25) is 0 Å². The summed E-state index contributed by atoms with van der Waals surface area (Å²) in [6.07, 6.45) is 2.97. The minimum absolute atomic E-state index is 1.10. The monoisotopic (exact) mass is 290 g/mol. The molecule has 0 spiro atoms. The maximum Gasteiger partial charge on any atom is 0.197 e. The molecule has 3 heteroatoms. The lowest BCUT2D eigenvalue weighted by Gasteiger charge is -2.32. The van der Waals surface area contributed by atoms with Crippen LogP contribution in [0.25, 0.3) is 6.08 Å². The lowest BCUT2D eigenvalue weighted by molar-refractivity contribution is 0.552. The van der Waals surface area contributed by atoms with Crippen molar-refractivity contribution in [3.05, 3.63) is 54.2 Å². The van der Waals surface area contributed by atoms with Crippen LogP contribution in [-0.4, -0.2) is 16.6 Å². The zero-order valence-corrected chi connectivity index (χ0v) is 14.7. The van der Waals surface area contributed by atoms with Crippen LogP contribution in [0.5, 0.6) is 0 Å². The quantitative estimate of drug-likeness (QED) is 0.640. The third kappa shape index (κ3) is 5.72. The summed E-state index contributed by atoms with van der Waals surface area (Å²) in [6, 6.07) is 9.79. The molecule has 0 saturated heterocycles. The topological polar surface area (TPSA) is 9.23 Å². The Morgan fingerprint density at radius 3 is 2.11 bits per heavy atom. The fourth-order valence-corrected chi connectivity index (χ4v) is 9.40. The van der Waals surface area contributed by atoms with Crippen LogP contribution in [0.4, 0.5) is 0 Å². The third-order valence-electron chi connectivity index (χ3n) is 3.26. The average Bonchev–Trinajstić information content (AvgIpc) is 2.36. The second-order valence-corrected chi connectivity index (χ2v) is 14.6. The number of benzene rings is 1. The van der Waals surface area contributed by atoms with Crippen LogP contribution in [0, 0.1) is 0 Å². The summed E-state index contributed by atoms with van der Waals surface area (Å²) < 4.78 is 6.38. The first kappa shape index (κ1) is 16.1. The van der Waals surface area contributed by atoms with Crippen molar-refractivity contribution in [1.29, 1.82) is 0 Å². The van der Waals surface area contributed by atoms with Gasteiger partial charge in [-0.05, 0) is 49.8 Å². The van der Waals surface area contributed by atoms with E-state index in [0.717, 1.165) is 12.5 Å². The second kappa shape index (κ2) is 6.50. The van der Waals surface area contributed by atoms with Crippen molar-refractivity contribution in [1.82, 2.24) is 0 Å². The molecule has 0 unspecified atom stereocenters. The number of rotatable bonds is 7. The molecule has 0 amide bonds. The smallest absolute Gasteiger partial charge is 0.197 e. The first-order valence-corrected chi connectivity index (χ1v) is 12.9. The molecule has 0 aromatic heterocycles. The Morgan fingerprint density at radius 2 is 1.63 bits per heavy atom. The molecule has 0 aliphatic heterocycles. The highest BCUT2D eigenvalue weighted by Gasteiger charge is 2.30. The molecule has 1 aromatic rings. The van der Waals surface area contributed by atoms with Gasteiger partial charge in [-0.2, -0.15) is 0 Å². The molecule has 1 aromatic carbocycles. The summed E-state index contributed by atoms with van der Waals surface area (Å²) in [6.45, 7) is 16.7. The highest BCUT2D eigenvalue weighted by atomic mass is 28.4. The van der Waals surface area contributed by atoms with E-state index < -0.39 is 16.6 Å². The lowest BCUT2D eigenvalue weighted by atomic mass is 10.1. The molecule has 1 rings (SSSR count). The molecular weight excluding hydrogens is 264 g/mol. The van der Waals surface area contributed by atoms with Gasteiger partial charge in [0.15, 0.2) is 16.6 Å². The molecule has 0 heterocycles. The van der Waals surface area contributed by atoms with Gasteiger partial charge >= 0.3 is 0 Å². The molecule has 0 saturated carbocycles. The standard InChI is InChI=1S/C16H26OSi2/c1-7-15-9-11-16(12-10-15)13-14-19(5,6)17-18(3,4)8-2/h7-12H,1-2,13-14H2,3-6H3. The zero-order valence-electron chi connectivity index (χ0n) is 12.7. The van der Waals surface area contributed by atoms with Crippen molar-refractivity contribution in [2.45, 2.75) is 38.7 Å². The second-order valence-electron chi connectivity index (χ2n) is 6.12. The van der Waals surface area contributed by atoms with Crippen LogP contribution in [-0.2, 0) is 10.5 Å². The molecule has 0 aliphatic rings.